The van der Waals surface area contributed by atoms with Crippen molar-refractivity contribution in [3.63, 3.8) is 0 Å². The molecule has 0 saturated carbocycles. The Morgan fingerprint density at radius 1 is 0.420 bits per heavy atom. The number of fused-ring (bicyclic) bond motifs is 8. The zero-order valence-electron chi connectivity index (χ0n) is 62.8. The molecular formula is C90H126N6S4. The average Bonchev–Trinajstić information content (AvgIpc) is 1.57. The summed E-state index contributed by atoms with van der Waals surface area (Å²) in [6.07, 6.45) is 52.4. The Labute approximate surface area is 624 Å². The molecule has 0 aliphatic heterocycles. The number of thioether (sulfide) groups is 1. The molecule has 0 radical (unpaired) electrons. The van der Waals surface area contributed by atoms with Gasteiger partial charge in [0.2, 0.25) is 0 Å². The van der Waals surface area contributed by atoms with Gasteiger partial charge in [-0.05, 0) is 174 Å². The quantitative estimate of drug-likeness (QED) is 0.0150. The lowest BCUT2D eigenvalue weighted by Crippen LogP contribution is -2.29. The molecule has 10 heteroatoms. The maximum atomic E-state index is 9.56. The highest BCUT2D eigenvalue weighted by Gasteiger charge is 2.44. The Bertz CT molecular complexity index is 3590. The molecule has 0 bridgehead atoms. The summed E-state index contributed by atoms with van der Waals surface area (Å²) < 4.78 is 2.51. The van der Waals surface area contributed by atoms with Crippen molar-refractivity contribution in [1.82, 2.24) is 15.3 Å². The van der Waals surface area contributed by atoms with E-state index in [2.05, 4.69) is 179 Å². The number of benzene rings is 6. The van der Waals surface area contributed by atoms with Gasteiger partial charge < -0.3 is 16.4 Å². The van der Waals surface area contributed by atoms with Crippen molar-refractivity contribution >= 4 is 77.9 Å². The van der Waals surface area contributed by atoms with Crippen LogP contribution in [0.4, 0.5) is 5.69 Å². The number of unbranched alkanes of at least 4 members (excludes halogenated alkanes) is 30. The molecule has 2 aromatic heterocycles. The Kier molecular flexibility index (Phi) is 36.1. The lowest BCUT2D eigenvalue weighted by atomic mass is 9.70. The van der Waals surface area contributed by atoms with Crippen molar-refractivity contribution in [1.29, 1.82) is 5.26 Å². The van der Waals surface area contributed by atoms with E-state index in [1.165, 1.54) is 321 Å². The van der Waals surface area contributed by atoms with Gasteiger partial charge in [-0.1, -0.05) is 321 Å². The summed E-state index contributed by atoms with van der Waals surface area (Å²) in [7, 11) is 0. The van der Waals surface area contributed by atoms with Gasteiger partial charge in [0.25, 0.3) is 0 Å². The number of thiocyanates is 1. The first-order valence-electron chi connectivity index (χ1n) is 40.3. The number of nitrogens with one attached hydrogen (secondary N) is 2. The van der Waals surface area contributed by atoms with Gasteiger partial charge in [-0.2, -0.15) is 5.26 Å². The van der Waals surface area contributed by atoms with Crippen molar-refractivity contribution in [3.05, 3.63) is 144 Å². The van der Waals surface area contributed by atoms with Crippen LogP contribution < -0.4 is 16.4 Å². The summed E-state index contributed by atoms with van der Waals surface area (Å²) in [5, 5.41) is 21.8. The minimum absolute atomic E-state index is 0.00325. The zero-order valence-corrected chi connectivity index (χ0v) is 66.1. The molecule has 4 N–H and O–H groups in total. The predicted octanol–water partition coefficient (Wildman–Crippen LogP) is 29.0. The number of nitrogens with zero attached hydrogens (tertiary/aromatic N) is 3. The molecule has 8 aromatic rings. The van der Waals surface area contributed by atoms with Crippen LogP contribution in [-0.4, -0.2) is 28.2 Å². The molecular weight excluding hydrogens is 1290 g/mol. The van der Waals surface area contributed by atoms with Crippen LogP contribution in [0, 0.1) is 10.7 Å². The average molecular weight is 1420 g/mol. The van der Waals surface area contributed by atoms with Gasteiger partial charge in [0.15, 0.2) is 5.11 Å². The molecule has 100 heavy (non-hydrogen) atoms. The van der Waals surface area contributed by atoms with Crippen molar-refractivity contribution in [2.75, 3.05) is 18.4 Å². The molecule has 0 spiro atoms. The second kappa shape index (κ2) is 45.0. The standard InChI is InChI=1S/C45H63N3S2.C41H52N2S2.C4H11N/c1-4-7-10-12-14-16-18-22-30-45(31-23-19-17-15-13-11-8-5-2)39-33-35(43-48-41-24-20-21-25-42(41)50-43)26-28-37(39)38-29-27-36(34-40(38)45)47-44(49)46-32-9-6-3;1-3-5-7-9-11-13-15-19-27-41(28-20-16-14-12-10-8-6-4-2)36-29-32(40-43-38-21-17-18-22-39(38)45-40)23-25-34(36)35-26-24-33(44-31-42)30-37(35)41;1-2-3-4-5/h20-21,24-29,33-34H,4-19,22-23,30-32H2,1-3H3,(H2,46,47,49);17-18,21-26,29-30H,3-16,19-20,27-28H2,1-2H3;2-5H2,1H3. The van der Waals surface area contributed by atoms with E-state index in [1.54, 1.807) is 11.3 Å². The van der Waals surface area contributed by atoms with Crippen LogP contribution in [0.25, 0.3) is 63.8 Å². The third-order valence-corrected chi connectivity index (χ3v) is 24.4. The van der Waals surface area contributed by atoms with Gasteiger partial charge in [-0.3, -0.25) is 0 Å². The molecule has 0 saturated heterocycles. The van der Waals surface area contributed by atoms with E-state index in [-0.39, 0.29) is 10.8 Å². The minimum atomic E-state index is -0.00615. The lowest BCUT2D eigenvalue weighted by Gasteiger charge is -2.33. The highest BCUT2D eigenvalue weighted by molar-refractivity contribution is 8.03. The smallest absolute Gasteiger partial charge is 0.170 e. The zero-order chi connectivity index (χ0) is 70.5. The molecule has 6 nitrogen and oxygen atoms in total. The Morgan fingerprint density at radius 2 is 0.770 bits per heavy atom. The van der Waals surface area contributed by atoms with E-state index < -0.39 is 0 Å². The fraction of sp³-hybridized carbons (Fsp3) is 0.556. The molecule has 2 heterocycles. The van der Waals surface area contributed by atoms with Crippen LogP contribution in [0.1, 0.15) is 321 Å². The Morgan fingerprint density at radius 3 is 1.14 bits per heavy atom. The third-order valence-electron chi connectivity index (χ3n) is 21.4. The Balaban J connectivity index is 0.000000239. The number of nitriles is 1. The van der Waals surface area contributed by atoms with Crippen molar-refractivity contribution in [3.8, 4) is 48.8 Å². The first-order valence-corrected chi connectivity index (χ1v) is 43.2. The van der Waals surface area contributed by atoms with Crippen LogP contribution >= 0.6 is 46.7 Å². The monoisotopic (exact) mass is 1420 g/mol. The van der Waals surface area contributed by atoms with E-state index in [0.29, 0.717) is 0 Å². The van der Waals surface area contributed by atoms with Gasteiger partial charge in [0, 0.05) is 39.1 Å². The van der Waals surface area contributed by atoms with E-state index in [4.69, 9.17) is 27.9 Å². The van der Waals surface area contributed by atoms with Crippen molar-refractivity contribution in [2.24, 2.45) is 5.73 Å². The van der Waals surface area contributed by atoms with Crippen molar-refractivity contribution < 1.29 is 0 Å². The van der Waals surface area contributed by atoms with Gasteiger partial charge >= 0.3 is 0 Å². The fourth-order valence-corrected chi connectivity index (χ4v) is 18.3. The largest absolute Gasteiger partial charge is 0.362 e. The van der Waals surface area contributed by atoms with E-state index in [1.807, 2.05) is 11.3 Å². The second-order valence-electron chi connectivity index (χ2n) is 29.1. The number of aromatic nitrogens is 2. The maximum absolute atomic E-state index is 9.56. The maximum Gasteiger partial charge on any atom is 0.170 e. The van der Waals surface area contributed by atoms with Crippen LogP contribution in [0.5, 0.6) is 0 Å². The SMILES string of the molecule is CCCCCCCCCCC1(CCCCCCCCCC)c2cc(NC(=S)NCCCC)ccc2-c2ccc(-c3nc4ccccc4s3)cc21.CCCCCCCCCCC1(CCCCCCCCCC)c2cc(SC#N)ccc2-c2ccc(-c3nc4ccccc4s3)cc21.CCCCN. The fourth-order valence-electron chi connectivity index (χ4n) is 15.7. The molecule has 0 fully saturated rings. The first kappa shape index (κ1) is 80.3. The number of nitrogens with two attached hydrogens (primary N) is 1. The second-order valence-corrected chi connectivity index (χ2v) is 32.4. The summed E-state index contributed by atoms with van der Waals surface area (Å²) in [5.74, 6) is 0. The summed E-state index contributed by atoms with van der Waals surface area (Å²) in [6.45, 7) is 15.3. The number of anilines is 1. The first-order chi connectivity index (χ1) is 49.2. The van der Waals surface area contributed by atoms with E-state index in [9.17, 15) is 5.26 Å². The molecule has 2 aliphatic rings. The number of thiocarbonyl (C=S) groups is 1. The molecule has 0 atom stereocenters. The molecule has 6 aromatic carbocycles. The van der Waals surface area contributed by atoms with E-state index >= 15 is 0 Å². The molecule has 10 rings (SSSR count). The minimum Gasteiger partial charge on any atom is -0.362 e. The highest BCUT2D eigenvalue weighted by atomic mass is 32.2. The molecule has 540 valence electrons. The number of para-hydroxylation sites is 2. The van der Waals surface area contributed by atoms with Gasteiger partial charge in [0.05, 0.1) is 20.4 Å². The highest BCUT2D eigenvalue weighted by Crippen LogP contribution is 2.58. The third kappa shape index (κ3) is 23.3. The van der Waals surface area contributed by atoms with Crippen LogP contribution in [0.15, 0.2) is 126 Å². The van der Waals surface area contributed by atoms with Crippen molar-refractivity contribution in [2.45, 2.75) is 314 Å². The topological polar surface area (TPSA) is 99.6 Å². The van der Waals surface area contributed by atoms with Crippen LogP contribution in [-0.2, 0) is 10.8 Å². The summed E-state index contributed by atoms with van der Waals surface area (Å²) in [5.41, 5.74) is 22.5. The van der Waals surface area contributed by atoms with Gasteiger partial charge in [-0.25, -0.2) is 9.97 Å². The normalized spacial score (nSPS) is 12.9. The van der Waals surface area contributed by atoms with Gasteiger partial charge in [-0.15, -0.1) is 22.7 Å². The number of rotatable bonds is 45. The summed E-state index contributed by atoms with van der Waals surface area (Å²) in [6, 6.07) is 45.4. The number of hydrogen-bond donors (Lipinski definition) is 3. The molecule has 0 amide bonds. The van der Waals surface area contributed by atoms with Crippen LogP contribution in [0.2, 0.25) is 0 Å². The predicted molar refractivity (Wildman–Crippen MR) is 446 cm³/mol. The Hall–Kier alpha value is -5.41. The van der Waals surface area contributed by atoms with E-state index in [0.717, 1.165) is 62.7 Å². The number of hydrogen-bond acceptors (Lipinski definition) is 8. The lowest BCUT2D eigenvalue weighted by molar-refractivity contribution is 0.396. The van der Waals surface area contributed by atoms with Crippen LogP contribution in [0.3, 0.4) is 0 Å². The number of thiazole rings is 2. The molecule has 2 aliphatic carbocycles. The summed E-state index contributed by atoms with van der Waals surface area (Å²) >= 11 is 10.7. The van der Waals surface area contributed by atoms with Gasteiger partial charge in [0.1, 0.15) is 15.4 Å². The summed E-state index contributed by atoms with van der Waals surface area (Å²) in [4.78, 5) is 11.2. The molecule has 0 unspecified atom stereocenters.